The third kappa shape index (κ3) is 7.62. The molecule has 2 fully saturated rings. The lowest BCUT2D eigenvalue weighted by atomic mass is 10.0. The van der Waals surface area contributed by atoms with E-state index < -0.39 is 11.7 Å². The van der Waals surface area contributed by atoms with Crippen molar-refractivity contribution >= 4 is 35.5 Å². The molecule has 2 heterocycles. The van der Waals surface area contributed by atoms with Crippen molar-refractivity contribution in [1.82, 2.24) is 16.0 Å². The number of carbonyl (C=O) groups excluding carboxylic acids is 3. The van der Waals surface area contributed by atoms with Crippen LogP contribution < -0.4 is 21.3 Å². The zero-order chi connectivity index (χ0) is 23.1. The highest BCUT2D eigenvalue weighted by molar-refractivity contribution is 8.00. The third-order valence-corrected chi connectivity index (χ3v) is 6.92. The van der Waals surface area contributed by atoms with Gasteiger partial charge < -0.3 is 20.7 Å². The molecule has 8 nitrogen and oxygen atoms in total. The molecule has 3 atom stereocenters. The number of hydrogen-bond acceptors (Lipinski definition) is 5. The summed E-state index contributed by atoms with van der Waals surface area (Å²) in [5.74, 6) is 1.04. The largest absolute Gasteiger partial charge is 0.444 e. The average Bonchev–Trinajstić information content (AvgIpc) is 3.24. The summed E-state index contributed by atoms with van der Waals surface area (Å²) in [7, 11) is 0. The fourth-order valence-electron chi connectivity index (χ4n) is 3.88. The van der Waals surface area contributed by atoms with Crippen LogP contribution in [0.2, 0.25) is 0 Å². The van der Waals surface area contributed by atoms with Gasteiger partial charge in [0.15, 0.2) is 0 Å². The second-order valence-electron chi connectivity index (χ2n) is 9.29. The Labute approximate surface area is 194 Å². The van der Waals surface area contributed by atoms with Gasteiger partial charge in [0.2, 0.25) is 5.91 Å². The average molecular weight is 463 g/mol. The molecule has 0 saturated carbocycles. The van der Waals surface area contributed by atoms with E-state index in [1.165, 1.54) is 0 Å². The molecule has 0 spiro atoms. The summed E-state index contributed by atoms with van der Waals surface area (Å²) in [6.07, 6.45) is 3.63. The van der Waals surface area contributed by atoms with Crippen LogP contribution in [0.15, 0.2) is 24.3 Å². The van der Waals surface area contributed by atoms with Crippen molar-refractivity contribution in [3.63, 3.8) is 0 Å². The highest BCUT2D eigenvalue weighted by Gasteiger charge is 2.42. The van der Waals surface area contributed by atoms with E-state index in [1.807, 2.05) is 56.8 Å². The van der Waals surface area contributed by atoms with Gasteiger partial charge in [-0.2, -0.15) is 11.8 Å². The third-order valence-electron chi connectivity index (χ3n) is 5.42. The van der Waals surface area contributed by atoms with Gasteiger partial charge >= 0.3 is 12.1 Å². The van der Waals surface area contributed by atoms with Crippen molar-refractivity contribution in [2.75, 3.05) is 17.6 Å². The topological polar surface area (TPSA) is 109 Å². The molecule has 0 bridgehead atoms. The first-order valence-corrected chi connectivity index (χ1v) is 12.3. The minimum atomic E-state index is -0.536. The quantitative estimate of drug-likeness (QED) is 0.332. The zero-order valence-corrected chi connectivity index (χ0v) is 19.8. The first-order valence-electron chi connectivity index (χ1n) is 11.2. The maximum absolute atomic E-state index is 12.1. The number of fused-ring (bicyclic) bond motifs is 1. The summed E-state index contributed by atoms with van der Waals surface area (Å²) < 4.78 is 5.24. The number of amides is 4. The molecule has 0 aromatic heterocycles. The van der Waals surface area contributed by atoms with Crippen molar-refractivity contribution in [3.05, 3.63) is 29.8 Å². The Hall–Kier alpha value is -2.42. The number of carbonyl (C=O) groups is 3. The zero-order valence-electron chi connectivity index (χ0n) is 19.0. The highest BCUT2D eigenvalue weighted by Crippen LogP contribution is 2.33. The van der Waals surface area contributed by atoms with E-state index in [0.29, 0.717) is 23.9 Å². The van der Waals surface area contributed by atoms with E-state index in [4.69, 9.17) is 4.74 Å². The molecule has 1 aromatic carbocycles. The molecule has 4 amide bonds. The molecule has 9 heteroatoms. The number of rotatable bonds is 9. The van der Waals surface area contributed by atoms with Gasteiger partial charge in [0.1, 0.15) is 5.60 Å². The molecule has 0 unspecified atom stereocenters. The van der Waals surface area contributed by atoms with Gasteiger partial charge in [-0.15, -0.1) is 0 Å². The molecule has 176 valence electrons. The molecule has 4 N–H and O–H groups in total. The number of anilines is 1. The summed E-state index contributed by atoms with van der Waals surface area (Å²) in [6.45, 7) is 6.04. The fourth-order valence-corrected chi connectivity index (χ4v) is 5.43. The molecule has 2 aliphatic rings. The van der Waals surface area contributed by atoms with Gasteiger partial charge in [-0.25, -0.2) is 9.59 Å². The van der Waals surface area contributed by atoms with Crippen molar-refractivity contribution in [3.8, 4) is 0 Å². The van der Waals surface area contributed by atoms with Gasteiger partial charge in [0.05, 0.1) is 12.1 Å². The van der Waals surface area contributed by atoms with Crippen LogP contribution in [0, 0.1) is 0 Å². The summed E-state index contributed by atoms with van der Waals surface area (Å²) in [5.41, 5.74) is 1.22. The molecule has 32 heavy (non-hydrogen) atoms. The Morgan fingerprint density at radius 2 is 1.91 bits per heavy atom. The minimum absolute atomic E-state index is 0.0568. The molecular formula is C23H34N4O4S. The Morgan fingerprint density at radius 3 is 2.62 bits per heavy atom. The summed E-state index contributed by atoms with van der Waals surface area (Å²) >= 11 is 1.91. The number of unbranched alkanes of at least 4 members (excludes halogenated alkanes) is 1. The molecule has 0 radical (unpaired) electrons. The van der Waals surface area contributed by atoms with Gasteiger partial charge in [-0.3, -0.25) is 10.1 Å². The van der Waals surface area contributed by atoms with Gasteiger partial charge in [0.25, 0.3) is 0 Å². The lowest BCUT2D eigenvalue weighted by Crippen LogP contribution is -2.36. The highest BCUT2D eigenvalue weighted by atomic mass is 32.2. The van der Waals surface area contributed by atoms with Crippen molar-refractivity contribution in [2.24, 2.45) is 0 Å². The van der Waals surface area contributed by atoms with E-state index in [0.717, 1.165) is 37.0 Å². The molecule has 1 aromatic rings. The van der Waals surface area contributed by atoms with Crippen LogP contribution in [0.3, 0.4) is 0 Å². The first-order chi connectivity index (χ1) is 15.2. The Morgan fingerprint density at radius 1 is 1.16 bits per heavy atom. The first kappa shape index (κ1) is 24.2. The minimum Gasteiger partial charge on any atom is -0.444 e. The molecule has 2 aliphatic heterocycles. The smallest absolute Gasteiger partial charge is 0.412 e. The fraction of sp³-hybridized carbons (Fsp3) is 0.609. The lowest BCUT2D eigenvalue weighted by Gasteiger charge is -2.19. The number of hydrogen-bond donors (Lipinski definition) is 4. The maximum Gasteiger partial charge on any atom is 0.412 e. The standard InChI is InChI=1S/C23H34N4O4S/c1-23(2,3)31-22(30)25-16-10-8-15(9-11-16)12-13-24-19(28)7-5-4-6-18-20-17(14-32-18)26-21(29)27-20/h8-11,17-18,20H,4-7,12-14H2,1-3H3,(H,24,28)(H,25,30)(H2,26,27,29)/t17-,18-,20-/m0/s1. The van der Waals surface area contributed by atoms with Crippen LogP contribution in [0.25, 0.3) is 0 Å². The Balaban J connectivity index is 1.26. The van der Waals surface area contributed by atoms with Crippen LogP contribution in [0.5, 0.6) is 0 Å². The Bertz CT molecular complexity index is 809. The number of thioether (sulfide) groups is 1. The summed E-state index contributed by atoms with van der Waals surface area (Å²) in [4.78, 5) is 35.3. The molecular weight excluding hydrogens is 428 g/mol. The second-order valence-corrected chi connectivity index (χ2v) is 10.6. The summed E-state index contributed by atoms with van der Waals surface area (Å²) in [5, 5.41) is 12.1. The van der Waals surface area contributed by atoms with Crippen LogP contribution >= 0.6 is 11.8 Å². The van der Waals surface area contributed by atoms with Crippen molar-refractivity contribution in [2.45, 2.75) is 75.8 Å². The normalized spacial score (nSPS) is 22.0. The lowest BCUT2D eigenvalue weighted by molar-refractivity contribution is -0.121. The van der Waals surface area contributed by atoms with Gasteiger partial charge in [0, 0.05) is 29.7 Å². The van der Waals surface area contributed by atoms with Crippen LogP contribution in [-0.4, -0.2) is 53.3 Å². The molecule has 3 rings (SSSR count). The van der Waals surface area contributed by atoms with Crippen molar-refractivity contribution < 1.29 is 19.1 Å². The number of benzene rings is 1. The van der Waals surface area contributed by atoms with Gasteiger partial charge in [-0.05, 0) is 57.7 Å². The van der Waals surface area contributed by atoms with E-state index in [2.05, 4.69) is 21.3 Å². The maximum atomic E-state index is 12.1. The van der Waals surface area contributed by atoms with E-state index >= 15 is 0 Å². The van der Waals surface area contributed by atoms with Crippen LogP contribution in [0.4, 0.5) is 15.3 Å². The predicted octanol–water partition coefficient (Wildman–Crippen LogP) is 3.42. The SMILES string of the molecule is CC(C)(C)OC(=O)Nc1ccc(CCNC(=O)CCCC[C@@H]2SC[C@@H]3NC(=O)N[C@@H]32)cc1. The molecule has 0 aliphatic carbocycles. The van der Waals surface area contributed by atoms with Gasteiger partial charge in [-0.1, -0.05) is 18.6 Å². The van der Waals surface area contributed by atoms with E-state index in [1.54, 1.807) is 0 Å². The van der Waals surface area contributed by atoms with E-state index in [-0.39, 0.29) is 24.0 Å². The van der Waals surface area contributed by atoms with E-state index in [9.17, 15) is 14.4 Å². The van der Waals surface area contributed by atoms with Crippen LogP contribution in [0.1, 0.15) is 52.0 Å². The van der Waals surface area contributed by atoms with Crippen LogP contribution in [-0.2, 0) is 16.0 Å². The number of urea groups is 1. The Kier molecular flexibility index (Phi) is 8.28. The number of nitrogens with one attached hydrogen (secondary N) is 4. The number of ether oxygens (including phenoxy) is 1. The summed E-state index contributed by atoms with van der Waals surface area (Å²) in [6, 6.07) is 7.95. The second kappa shape index (κ2) is 10.9. The molecule has 2 saturated heterocycles. The van der Waals surface area contributed by atoms with Crippen molar-refractivity contribution in [1.29, 1.82) is 0 Å². The monoisotopic (exact) mass is 462 g/mol. The predicted molar refractivity (Wildman–Crippen MR) is 127 cm³/mol.